The van der Waals surface area contributed by atoms with Gasteiger partial charge in [0.2, 0.25) is 0 Å². The maximum Gasteiger partial charge on any atom is 0.194 e. The third-order valence-electron chi connectivity index (χ3n) is 12.6. The van der Waals surface area contributed by atoms with E-state index in [4.69, 9.17) is 28.1 Å². The molecule has 314 valence electrons. The van der Waals surface area contributed by atoms with Crippen LogP contribution in [0.25, 0.3) is 121 Å². The monoisotopic (exact) mass is 866 g/mol. The van der Waals surface area contributed by atoms with E-state index >= 15 is 0 Å². The Labute approximate surface area is 391 Å². The third kappa shape index (κ3) is 6.55. The highest BCUT2D eigenvalue weighted by Crippen LogP contribution is 2.44. The number of hydrogen-bond acceptors (Lipinski definition) is 4. The van der Waals surface area contributed by atoms with Crippen LogP contribution in [-0.2, 0) is 0 Å². The Balaban J connectivity index is 1.17. The van der Waals surface area contributed by atoms with Crippen molar-refractivity contribution < 1.29 is 0 Å². The van der Waals surface area contributed by atoms with E-state index in [-0.39, 0.29) is 0 Å². The lowest BCUT2D eigenvalue weighted by atomic mass is 9.94. The van der Waals surface area contributed by atoms with Gasteiger partial charge in [0.1, 0.15) is 0 Å². The Morgan fingerprint density at radius 1 is 0.382 bits per heavy atom. The van der Waals surface area contributed by atoms with Crippen LogP contribution < -0.4 is 0 Å². The van der Waals surface area contributed by atoms with Crippen LogP contribution in [0.3, 0.4) is 0 Å². The van der Waals surface area contributed by atoms with Gasteiger partial charge in [-0.15, -0.1) is 0 Å². The largest absolute Gasteiger partial charge is 0.309 e. The van der Waals surface area contributed by atoms with Crippen molar-refractivity contribution >= 4 is 55.0 Å². The van der Waals surface area contributed by atoms with Crippen LogP contribution in [0.2, 0.25) is 0 Å². The minimum Gasteiger partial charge on any atom is -0.309 e. The number of fused-ring (bicyclic) bond motifs is 6. The zero-order valence-corrected chi connectivity index (χ0v) is 36.2. The standard InChI is InChI=1S/C60H34N8/c1-62-43-28-32-57-50(36-43)46-21-11-14-24-53(46)67(57)54-31-27-42(60-65-58(39-15-5-3-6-16-39)64-59(66-60)40-17-7-4-8-18-40)35-47(54)41-26-30-56(49(34-41)44-19-9-12-22-51(44)63-2)68-52-23-13-10-20-45(52)48-33-38(37-61)25-29-55(48)68/h3-36H. The molecule has 3 heterocycles. The molecule has 3 aromatic heterocycles. The second kappa shape index (κ2) is 16.2. The number of benzene rings is 9. The summed E-state index contributed by atoms with van der Waals surface area (Å²) in [5.74, 6) is 1.65. The van der Waals surface area contributed by atoms with Gasteiger partial charge < -0.3 is 9.13 Å². The number of nitrogens with zero attached hydrogens (tertiary/aromatic N) is 8. The van der Waals surface area contributed by atoms with E-state index in [9.17, 15) is 5.26 Å². The zero-order valence-electron chi connectivity index (χ0n) is 36.2. The van der Waals surface area contributed by atoms with Gasteiger partial charge in [0.15, 0.2) is 28.8 Å². The van der Waals surface area contributed by atoms with E-state index in [0.717, 1.165) is 93.9 Å². The van der Waals surface area contributed by atoms with Crippen LogP contribution in [0.15, 0.2) is 206 Å². The lowest BCUT2D eigenvalue weighted by Gasteiger charge is -2.20. The Morgan fingerprint density at radius 3 is 1.50 bits per heavy atom. The Kier molecular flexibility index (Phi) is 9.47. The van der Waals surface area contributed by atoms with Crippen molar-refractivity contribution in [3.05, 3.63) is 235 Å². The number of hydrogen-bond donors (Lipinski definition) is 0. The summed E-state index contributed by atoms with van der Waals surface area (Å²) in [6.45, 7) is 16.2. The molecule has 12 rings (SSSR count). The van der Waals surface area contributed by atoms with Gasteiger partial charge in [0.25, 0.3) is 0 Å². The van der Waals surface area contributed by atoms with E-state index in [0.29, 0.717) is 34.4 Å². The van der Waals surface area contributed by atoms with Gasteiger partial charge >= 0.3 is 0 Å². The maximum atomic E-state index is 9.93. The molecule has 0 unspecified atom stereocenters. The van der Waals surface area contributed by atoms with E-state index in [1.165, 1.54) is 0 Å². The molecule has 0 atom stereocenters. The summed E-state index contributed by atoms with van der Waals surface area (Å²) in [7, 11) is 0. The molecule has 0 N–H and O–H groups in total. The first kappa shape index (κ1) is 39.6. The zero-order chi connectivity index (χ0) is 45.7. The first-order chi connectivity index (χ1) is 33.6. The van der Waals surface area contributed by atoms with Gasteiger partial charge in [-0.3, -0.25) is 0 Å². The number of aromatic nitrogens is 5. The average molecular weight is 867 g/mol. The molecule has 12 aromatic rings. The van der Waals surface area contributed by atoms with E-state index in [2.05, 4.69) is 85.6 Å². The highest BCUT2D eigenvalue weighted by atomic mass is 15.0. The summed E-state index contributed by atoms with van der Waals surface area (Å²) in [5, 5.41) is 13.9. The lowest BCUT2D eigenvalue weighted by Crippen LogP contribution is -2.02. The number of rotatable bonds is 7. The fourth-order valence-corrected chi connectivity index (χ4v) is 9.54. The molecule has 0 spiro atoms. The Hall–Kier alpha value is -9.94. The van der Waals surface area contributed by atoms with E-state index in [1.54, 1.807) is 0 Å². The van der Waals surface area contributed by atoms with Gasteiger partial charge in [-0.1, -0.05) is 133 Å². The summed E-state index contributed by atoms with van der Waals surface area (Å²) < 4.78 is 4.52. The highest BCUT2D eigenvalue weighted by Gasteiger charge is 2.23. The second-order valence-electron chi connectivity index (χ2n) is 16.5. The van der Waals surface area contributed by atoms with Crippen molar-refractivity contribution in [2.24, 2.45) is 0 Å². The lowest BCUT2D eigenvalue weighted by molar-refractivity contribution is 1.07. The summed E-state index contributed by atoms with van der Waals surface area (Å²) in [4.78, 5) is 23.1. The molecule has 0 aliphatic carbocycles. The first-order valence-corrected chi connectivity index (χ1v) is 22.1. The van der Waals surface area contributed by atoms with Crippen molar-refractivity contribution in [2.45, 2.75) is 0 Å². The molecular weight excluding hydrogens is 833 g/mol. The quantitative estimate of drug-likeness (QED) is 0.149. The molecule has 68 heavy (non-hydrogen) atoms. The van der Waals surface area contributed by atoms with Crippen molar-refractivity contribution in [1.29, 1.82) is 5.26 Å². The minimum atomic E-state index is 0.520. The van der Waals surface area contributed by atoms with Gasteiger partial charge in [-0.2, -0.15) is 5.26 Å². The molecule has 0 saturated heterocycles. The van der Waals surface area contributed by atoms with Crippen molar-refractivity contribution in [2.75, 3.05) is 0 Å². The molecule has 0 amide bonds. The van der Waals surface area contributed by atoms with Crippen LogP contribution in [-0.4, -0.2) is 24.1 Å². The highest BCUT2D eigenvalue weighted by molar-refractivity contribution is 6.12. The fourth-order valence-electron chi connectivity index (χ4n) is 9.54. The van der Waals surface area contributed by atoms with Crippen molar-refractivity contribution in [1.82, 2.24) is 24.1 Å². The molecule has 8 heteroatoms. The molecule has 0 bridgehead atoms. The van der Waals surface area contributed by atoms with Crippen LogP contribution in [0.4, 0.5) is 11.4 Å². The van der Waals surface area contributed by atoms with Crippen LogP contribution in [0.5, 0.6) is 0 Å². The fraction of sp³-hybridized carbons (Fsp3) is 0. The predicted molar refractivity (Wildman–Crippen MR) is 273 cm³/mol. The van der Waals surface area contributed by atoms with Crippen molar-refractivity contribution in [3.63, 3.8) is 0 Å². The Bertz CT molecular complexity index is 4070. The van der Waals surface area contributed by atoms with E-state index in [1.807, 2.05) is 146 Å². The molecular formula is C60H34N8. The van der Waals surface area contributed by atoms with Gasteiger partial charge in [0, 0.05) is 38.4 Å². The molecule has 0 saturated carbocycles. The molecule has 8 nitrogen and oxygen atoms in total. The Morgan fingerprint density at radius 2 is 0.882 bits per heavy atom. The normalized spacial score (nSPS) is 11.2. The van der Waals surface area contributed by atoms with Crippen LogP contribution in [0, 0.1) is 24.5 Å². The minimum absolute atomic E-state index is 0.520. The summed E-state index contributed by atoms with van der Waals surface area (Å²) in [6.07, 6.45) is 0. The molecule has 9 aromatic carbocycles. The average Bonchev–Trinajstić information content (AvgIpc) is 3.92. The molecule has 0 fully saturated rings. The summed E-state index contributed by atoms with van der Waals surface area (Å²) in [6, 6.07) is 71.1. The second-order valence-corrected chi connectivity index (χ2v) is 16.5. The van der Waals surface area contributed by atoms with Crippen LogP contribution in [0.1, 0.15) is 5.56 Å². The number of nitriles is 1. The van der Waals surface area contributed by atoms with Gasteiger partial charge in [0.05, 0.1) is 58.2 Å². The molecule has 0 radical (unpaired) electrons. The molecule has 0 aliphatic rings. The predicted octanol–water partition coefficient (Wildman–Crippen LogP) is 15.4. The summed E-state index contributed by atoms with van der Waals surface area (Å²) in [5.41, 5.74) is 13.4. The van der Waals surface area contributed by atoms with Gasteiger partial charge in [-0.25, -0.2) is 24.6 Å². The first-order valence-electron chi connectivity index (χ1n) is 22.1. The van der Waals surface area contributed by atoms with Gasteiger partial charge in [-0.05, 0) is 94.9 Å². The van der Waals surface area contributed by atoms with Crippen LogP contribution >= 0.6 is 0 Å². The number of para-hydroxylation sites is 3. The molecule has 0 aliphatic heterocycles. The van der Waals surface area contributed by atoms with E-state index < -0.39 is 0 Å². The maximum absolute atomic E-state index is 9.93. The third-order valence-corrected chi connectivity index (χ3v) is 12.6. The SMILES string of the molecule is [C-]#[N+]c1ccc2c(c1)c1ccccc1n2-c1ccc(-c2nc(-c3ccccc3)nc(-c3ccccc3)n2)cc1-c1ccc(-n2c3ccccc3c3cc(C#N)ccc32)c(-c2ccccc2[N+]#[C-])c1. The van der Waals surface area contributed by atoms with Crippen molar-refractivity contribution in [3.8, 4) is 73.9 Å². The smallest absolute Gasteiger partial charge is 0.194 e. The summed E-state index contributed by atoms with van der Waals surface area (Å²) >= 11 is 0. The topological polar surface area (TPSA) is 81.0 Å².